The molecular formula is C14H16N2O2. The number of nitrogens with two attached hydrogens (primary N) is 1. The van der Waals surface area contributed by atoms with Gasteiger partial charge in [-0.3, -0.25) is 4.79 Å². The molecule has 2 aromatic rings. The molecule has 0 unspecified atom stereocenters. The minimum Gasteiger partial charge on any atom is -0.469 e. The summed E-state index contributed by atoms with van der Waals surface area (Å²) in [5, 5.41) is 0. The van der Waals surface area contributed by atoms with Gasteiger partial charge in [-0.05, 0) is 44.2 Å². The van der Waals surface area contributed by atoms with E-state index in [1.807, 2.05) is 26.0 Å². The highest BCUT2D eigenvalue weighted by Crippen LogP contribution is 2.19. The third-order valence-electron chi connectivity index (χ3n) is 2.74. The lowest BCUT2D eigenvalue weighted by Gasteiger charge is -2.20. The molecule has 1 aromatic heterocycles. The van der Waals surface area contributed by atoms with Gasteiger partial charge in [0.25, 0.3) is 5.91 Å². The summed E-state index contributed by atoms with van der Waals surface area (Å²) < 4.78 is 5.17. The quantitative estimate of drug-likeness (QED) is 0.844. The van der Waals surface area contributed by atoms with Crippen molar-refractivity contribution in [2.24, 2.45) is 0 Å². The number of aryl methyl sites for hydroxylation is 1. The summed E-state index contributed by atoms with van der Waals surface area (Å²) in [4.78, 5) is 14.0. The third-order valence-corrected chi connectivity index (χ3v) is 2.74. The van der Waals surface area contributed by atoms with Crippen LogP contribution in [-0.4, -0.2) is 12.5 Å². The molecular weight excluding hydrogens is 228 g/mol. The van der Waals surface area contributed by atoms with Crippen LogP contribution in [0.15, 0.2) is 41.0 Å². The summed E-state index contributed by atoms with van der Waals surface area (Å²) in [6, 6.07) is 8.98. The van der Waals surface area contributed by atoms with Gasteiger partial charge < -0.3 is 15.1 Å². The molecule has 1 heterocycles. The predicted molar refractivity (Wildman–Crippen MR) is 71.6 cm³/mol. The summed E-state index contributed by atoms with van der Waals surface area (Å²) >= 11 is 0. The van der Waals surface area contributed by atoms with Gasteiger partial charge in [0.05, 0.1) is 5.56 Å². The number of rotatable bonds is 3. The molecule has 0 aliphatic carbocycles. The van der Waals surface area contributed by atoms with Gasteiger partial charge in [0.1, 0.15) is 12.0 Å². The van der Waals surface area contributed by atoms with Gasteiger partial charge in [0.15, 0.2) is 0 Å². The molecule has 4 nitrogen and oxygen atoms in total. The highest BCUT2D eigenvalue weighted by Gasteiger charge is 2.17. The highest BCUT2D eigenvalue weighted by molar-refractivity contribution is 6.06. The first-order chi connectivity index (χ1) is 8.61. The number of carbonyl (C=O) groups is 1. The van der Waals surface area contributed by atoms with E-state index in [1.165, 1.54) is 6.26 Å². The minimum absolute atomic E-state index is 0.0703. The number of nitrogen functional groups attached to an aromatic ring is 1. The summed E-state index contributed by atoms with van der Waals surface area (Å²) in [5.41, 5.74) is 7.71. The molecule has 0 radical (unpaired) electrons. The molecule has 0 atom stereocenters. The molecule has 2 N–H and O–H groups in total. The maximum atomic E-state index is 12.3. The average Bonchev–Trinajstić information content (AvgIpc) is 2.79. The van der Waals surface area contributed by atoms with Crippen LogP contribution in [-0.2, 0) is 0 Å². The summed E-state index contributed by atoms with van der Waals surface area (Å²) in [5.74, 6) is 0.658. The van der Waals surface area contributed by atoms with E-state index >= 15 is 0 Å². The van der Waals surface area contributed by atoms with Crippen molar-refractivity contribution < 1.29 is 9.21 Å². The predicted octanol–water partition coefficient (Wildman–Crippen LogP) is 2.84. The first-order valence-electron chi connectivity index (χ1n) is 5.84. The van der Waals surface area contributed by atoms with Gasteiger partial charge in [0, 0.05) is 17.9 Å². The van der Waals surface area contributed by atoms with Crippen LogP contribution in [0.5, 0.6) is 0 Å². The van der Waals surface area contributed by atoms with Crippen molar-refractivity contribution in [3.05, 3.63) is 47.9 Å². The van der Waals surface area contributed by atoms with E-state index in [4.69, 9.17) is 10.2 Å². The largest absolute Gasteiger partial charge is 0.469 e. The van der Waals surface area contributed by atoms with Crippen LogP contribution in [0.25, 0.3) is 0 Å². The maximum absolute atomic E-state index is 12.3. The van der Waals surface area contributed by atoms with E-state index in [2.05, 4.69) is 0 Å². The van der Waals surface area contributed by atoms with Gasteiger partial charge in [-0.15, -0.1) is 0 Å². The zero-order chi connectivity index (χ0) is 13.1. The monoisotopic (exact) mass is 244 g/mol. The molecule has 0 fully saturated rings. The molecule has 0 aliphatic heterocycles. The molecule has 18 heavy (non-hydrogen) atoms. The Morgan fingerprint density at radius 2 is 2.00 bits per heavy atom. The maximum Gasteiger partial charge on any atom is 0.261 e. The fourth-order valence-corrected chi connectivity index (χ4v) is 1.81. The summed E-state index contributed by atoms with van der Waals surface area (Å²) in [6.45, 7) is 4.34. The van der Waals surface area contributed by atoms with Crippen LogP contribution in [0.2, 0.25) is 0 Å². The van der Waals surface area contributed by atoms with Gasteiger partial charge in [-0.2, -0.15) is 0 Å². The zero-order valence-corrected chi connectivity index (χ0v) is 10.5. The molecule has 1 amide bonds. The number of amides is 1. The van der Waals surface area contributed by atoms with Crippen molar-refractivity contribution in [1.82, 2.24) is 0 Å². The highest BCUT2D eigenvalue weighted by atomic mass is 16.3. The molecule has 94 valence electrons. The van der Waals surface area contributed by atoms with Crippen LogP contribution < -0.4 is 10.6 Å². The zero-order valence-electron chi connectivity index (χ0n) is 10.5. The number of hydrogen-bond acceptors (Lipinski definition) is 3. The number of benzene rings is 1. The van der Waals surface area contributed by atoms with Crippen molar-refractivity contribution in [2.45, 2.75) is 13.8 Å². The lowest BCUT2D eigenvalue weighted by molar-refractivity contribution is 0.0987. The number of nitrogens with zero attached hydrogens (tertiary/aromatic N) is 1. The summed E-state index contributed by atoms with van der Waals surface area (Å²) in [6.07, 6.45) is 1.48. The van der Waals surface area contributed by atoms with Crippen LogP contribution in [0, 0.1) is 6.92 Å². The van der Waals surface area contributed by atoms with Crippen molar-refractivity contribution in [2.75, 3.05) is 17.2 Å². The first kappa shape index (κ1) is 12.2. The van der Waals surface area contributed by atoms with Gasteiger partial charge in [-0.1, -0.05) is 0 Å². The number of furan rings is 1. The van der Waals surface area contributed by atoms with Gasteiger partial charge >= 0.3 is 0 Å². The second-order valence-electron chi connectivity index (χ2n) is 4.09. The first-order valence-corrected chi connectivity index (χ1v) is 5.84. The standard InChI is InChI=1S/C14H16N2O2/c1-3-16(13-6-4-12(15)5-7-13)14(17)11-8-10(2)18-9-11/h4-9H,3,15H2,1-2H3. The lowest BCUT2D eigenvalue weighted by atomic mass is 10.2. The Morgan fingerprint density at radius 1 is 1.33 bits per heavy atom. The van der Waals surface area contributed by atoms with Crippen LogP contribution in [0.3, 0.4) is 0 Å². The smallest absolute Gasteiger partial charge is 0.261 e. The number of anilines is 2. The van der Waals surface area contributed by atoms with E-state index < -0.39 is 0 Å². The van der Waals surface area contributed by atoms with Crippen molar-refractivity contribution in [3.8, 4) is 0 Å². The molecule has 0 aliphatic rings. The van der Waals surface area contributed by atoms with E-state index in [1.54, 1.807) is 23.1 Å². The van der Waals surface area contributed by atoms with Gasteiger partial charge in [-0.25, -0.2) is 0 Å². The average molecular weight is 244 g/mol. The number of carbonyl (C=O) groups excluding carboxylic acids is 1. The fourth-order valence-electron chi connectivity index (χ4n) is 1.81. The second-order valence-corrected chi connectivity index (χ2v) is 4.09. The Kier molecular flexibility index (Phi) is 3.37. The van der Waals surface area contributed by atoms with E-state index in [-0.39, 0.29) is 5.91 Å². The van der Waals surface area contributed by atoms with Crippen molar-refractivity contribution in [1.29, 1.82) is 0 Å². The SMILES string of the molecule is CCN(C(=O)c1coc(C)c1)c1ccc(N)cc1. The van der Waals surface area contributed by atoms with Crippen molar-refractivity contribution in [3.63, 3.8) is 0 Å². The Hall–Kier alpha value is -2.23. The second kappa shape index (κ2) is 4.96. The molecule has 0 spiro atoms. The van der Waals surface area contributed by atoms with Crippen LogP contribution in [0.1, 0.15) is 23.0 Å². The van der Waals surface area contributed by atoms with E-state index in [0.717, 1.165) is 11.4 Å². The van der Waals surface area contributed by atoms with Crippen LogP contribution >= 0.6 is 0 Å². The lowest BCUT2D eigenvalue weighted by Crippen LogP contribution is -2.30. The topological polar surface area (TPSA) is 59.5 Å². The molecule has 1 aromatic carbocycles. The minimum atomic E-state index is -0.0703. The van der Waals surface area contributed by atoms with Crippen molar-refractivity contribution >= 4 is 17.3 Å². The molecule has 0 bridgehead atoms. The Labute approximate surface area is 106 Å². The Balaban J connectivity index is 2.28. The molecule has 0 saturated heterocycles. The Bertz CT molecular complexity index is 543. The molecule has 0 saturated carbocycles. The van der Waals surface area contributed by atoms with E-state index in [0.29, 0.717) is 17.8 Å². The number of hydrogen-bond donors (Lipinski definition) is 1. The Morgan fingerprint density at radius 3 is 2.50 bits per heavy atom. The molecule has 4 heteroatoms. The van der Waals surface area contributed by atoms with Crippen LogP contribution in [0.4, 0.5) is 11.4 Å². The third kappa shape index (κ3) is 2.37. The molecule has 2 rings (SSSR count). The normalized spacial score (nSPS) is 10.3. The summed E-state index contributed by atoms with van der Waals surface area (Å²) in [7, 11) is 0. The van der Waals surface area contributed by atoms with Gasteiger partial charge in [0.2, 0.25) is 0 Å². The van der Waals surface area contributed by atoms with E-state index in [9.17, 15) is 4.79 Å². The fraction of sp³-hybridized carbons (Fsp3) is 0.214.